The number of halogens is 2. The van der Waals surface area contributed by atoms with Crippen LogP contribution in [0.5, 0.6) is 0 Å². The average molecular weight is 380 g/mol. The van der Waals surface area contributed by atoms with Crippen molar-refractivity contribution in [2.24, 2.45) is 5.92 Å². The minimum atomic E-state index is -3.50. The van der Waals surface area contributed by atoms with Crippen LogP contribution >= 0.6 is 23.2 Å². The zero-order chi connectivity index (χ0) is 17.2. The van der Waals surface area contributed by atoms with Crippen molar-refractivity contribution in [2.45, 2.75) is 12.8 Å². The van der Waals surface area contributed by atoms with Crippen molar-refractivity contribution >= 4 is 45.0 Å². The summed E-state index contributed by atoms with van der Waals surface area (Å²) in [5.74, 6) is -0.616. The lowest BCUT2D eigenvalue weighted by molar-refractivity contribution is -0.120. The fourth-order valence-electron chi connectivity index (χ4n) is 2.42. The molecule has 1 aromatic rings. The molecule has 1 aliphatic rings. The van der Waals surface area contributed by atoms with Crippen molar-refractivity contribution in [1.29, 1.82) is 0 Å². The summed E-state index contributed by atoms with van der Waals surface area (Å²) >= 11 is 11.8. The van der Waals surface area contributed by atoms with E-state index < -0.39 is 16.1 Å². The second-order valence-corrected chi connectivity index (χ2v) is 8.56. The molecule has 0 unspecified atom stereocenters. The van der Waals surface area contributed by atoms with E-state index in [9.17, 15) is 13.2 Å². The predicted molar refractivity (Wildman–Crippen MR) is 92.0 cm³/mol. The first kappa shape index (κ1) is 18.5. The normalized spacial score (nSPS) is 19.8. The van der Waals surface area contributed by atoms with Gasteiger partial charge in [-0.3, -0.25) is 4.79 Å². The van der Waals surface area contributed by atoms with Crippen LogP contribution in [0, 0.1) is 5.92 Å². The molecular formula is C14H19Cl2N3O3S. The largest absolute Gasteiger partial charge is 0.326 e. The van der Waals surface area contributed by atoms with Gasteiger partial charge in [0.05, 0.1) is 16.0 Å². The molecule has 1 N–H and O–H groups in total. The fraction of sp³-hybridized carbons (Fsp3) is 0.500. The van der Waals surface area contributed by atoms with Crippen LogP contribution in [-0.2, 0) is 15.0 Å². The maximum absolute atomic E-state index is 12.4. The standard InChI is InChI=1S/C14H19Cl2N3O3S/c1-18(2)23(21,22)19-7-3-4-10(9-19)14(20)17-11-5-6-12(15)13(16)8-11/h5-6,8,10H,3-4,7,9H2,1-2H3,(H,17,20)/t10-/m1/s1. The van der Waals surface area contributed by atoms with Crippen LogP contribution in [0.1, 0.15) is 12.8 Å². The molecule has 1 saturated heterocycles. The molecule has 128 valence electrons. The van der Waals surface area contributed by atoms with Crippen LogP contribution in [-0.4, -0.2) is 50.1 Å². The summed E-state index contributed by atoms with van der Waals surface area (Å²) in [5, 5.41) is 3.52. The Kier molecular flexibility index (Phi) is 5.91. The Morgan fingerprint density at radius 3 is 2.61 bits per heavy atom. The van der Waals surface area contributed by atoms with Crippen molar-refractivity contribution in [2.75, 3.05) is 32.5 Å². The van der Waals surface area contributed by atoms with Crippen LogP contribution in [0.25, 0.3) is 0 Å². The summed E-state index contributed by atoms with van der Waals surface area (Å²) in [6, 6.07) is 4.82. The number of piperidine rings is 1. The van der Waals surface area contributed by atoms with E-state index in [1.807, 2.05) is 0 Å². The van der Waals surface area contributed by atoms with Gasteiger partial charge in [-0.05, 0) is 31.0 Å². The van der Waals surface area contributed by atoms with Gasteiger partial charge in [0.25, 0.3) is 10.2 Å². The maximum Gasteiger partial charge on any atom is 0.281 e. The maximum atomic E-state index is 12.4. The van der Waals surface area contributed by atoms with E-state index in [-0.39, 0.29) is 12.5 Å². The lowest BCUT2D eigenvalue weighted by Gasteiger charge is -2.32. The number of carbonyl (C=O) groups excluding carboxylic acids is 1. The third-order valence-electron chi connectivity index (χ3n) is 3.73. The Labute approximate surface area is 146 Å². The van der Waals surface area contributed by atoms with Gasteiger partial charge in [-0.2, -0.15) is 17.0 Å². The second kappa shape index (κ2) is 7.36. The Bertz CT molecular complexity index is 695. The molecule has 1 amide bonds. The number of rotatable bonds is 4. The zero-order valence-corrected chi connectivity index (χ0v) is 15.2. The van der Waals surface area contributed by atoms with Gasteiger partial charge in [0, 0.05) is 32.9 Å². The van der Waals surface area contributed by atoms with Crippen LogP contribution in [0.2, 0.25) is 10.0 Å². The van der Waals surface area contributed by atoms with Gasteiger partial charge in [0.1, 0.15) is 0 Å². The highest BCUT2D eigenvalue weighted by Crippen LogP contribution is 2.26. The first-order chi connectivity index (χ1) is 10.7. The summed E-state index contributed by atoms with van der Waals surface area (Å²) in [5.41, 5.74) is 0.539. The first-order valence-electron chi connectivity index (χ1n) is 7.15. The second-order valence-electron chi connectivity index (χ2n) is 5.61. The minimum Gasteiger partial charge on any atom is -0.326 e. The Morgan fingerprint density at radius 2 is 2.00 bits per heavy atom. The molecule has 23 heavy (non-hydrogen) atoms. The molecule has 1 aromatic carbocycles. The molecule has 0 aromatic heterocycles. The van der Waals surface area contributed by atoms with Gasteiger partial charge in [-0.15, -0.1) is 0 Å². The molecule has 0 spiro atoms. The summed E-state index contributed by atoms with van der Waals surface area (Å²) in [4.78, 5) is 12.4. The van der Waals surface area contributed by atoms with E-state index >= 15 is 0 Å². The molecule has 1 heterocycles. The molecule has 2 rings (SSSR count). The van der Waals surface area contributed by atoms with E-state index in [1.165, 1.54) is 18.4 Å². The van der Waals surface area contributed by atoms with Gasteiger partial charge in [0.2, 0.25) is 5.91 Å². The topological polar surface area (TPSA) is 69.7 Å². The van der Waals surface area contributed by atoms with Crippen LogP contribution < -0.4 is 5.32 Å². The SMILES string of the molecule is CN(C)S(=O)(=O)N1CCC[C@@H](C(=O)Nc2ccc(Cl)c(Cl)c2)C1. The average Bonchev–Trinajstić information content (AvgIpc) is 2.51. The van der Waals surface area contributed by atoms with Gasteiger partial charge in [0.15, 0.2) is 0 Å². The van der Waals surface area contributed by atoms with E-state index in [0.717, 1.165) is 4.31 Å². The van der Waals surface area contributed by atoms with Crippen LogP contribution in [0.3, 0.4) is 0 Å². The van der Waals surface area contributed by atoms with E-state index in [2.05, 4.69) is 5.32 Å². The molecular weight excluding hydrogens is 361 g/mol. The number of nitrogens with one attached hydrogen (secondary N) is 1. The number of hydrogen-bond donors (Lipinski definition) is 1. The Balaban J connectivity index is 2.06. The first-order valence-corrected chi connectivity index (χ1v) is 9.30. The molecule has 0 saturated carbocycles. The Hall–Kier alpha value is -0.860. The van der Waals surface area contributed by atoms with E-state index in [0.29, 0.717) is 35.1 Å². The summed E-state index contributed by atoms with van der Waals surface area (Å²) in [6.45, 7) is 0.602. The number of amides is 1. The van der Waals surface area contributed by atoms with Crippen molar-refractivity contribution < 1.29 is 13.2 Å². The number of anilines is 1. The highest BCUT2D eigenvalue weighted by Gasteiger charge is 2.33. The molecule has 1 fully saturated rings. The van der Waals surface area contributed by atoms with Gasteiger partial charge >= 0.3 is 0 Å². The fourth-order valence-corrected chi connectivity index (χ4v) is 3.90. The van der Waals surface area contributed by atoms with Gasteiger partial charge in [-0.1, -0.05) is 23.2 Å². The number of hydrogen-bond acceptors (Lipinski definition) is 3. The third-order valence-corrected chi connectivity index (χ3v) is 6.38. The van der Waals surface area contributed by atoms with E-state index in [4.69, 9.17) is 23.2 Å². The highest BCUT2D eigenvalue weighted by atomic mass is 35.5. The van der Waals surface area contributed by atoms with Crippen molar-refractivity contribution in [1.82, 2.24) is 8.61 Å². The quantitative estimate of drug-likeness (QED) is 0.873. The number of nitrogens with zero attached hydrogens (tertiary/aromatic N) is 2. The Morgan fingerprint density at radius 1 is 1.30 bits per heavy atom. The molecule has 1 atom stereocenters. The highest BCUT2D eigenvalue weighted by molar-refractivity contribution is 7.86. The third kappa shape index (κ3) is 4.36. The lowest BCUT2D eigenvalue weighted by Crippen LogP contribution is -2.47. The number of carbonyl (C=O) groups is 1. The predicted octanol–water partition coefficient (Wildman–Crippen LogP) is 2.45. The molecule has 0 bridgehead atoms. The molecule has 1 aliphatic heterocycles. The minimum absolute atomic E-state index is 0.174. The van der Waals surface area contributed by atoms with Gasteiger partial charge in [-0.25, -0.2) is 0 Å². The zero-order valence-electron chi connectivity index (χ0n) is 12.9. The van der Waals surface area contributed by atoms with Crippen LogP contribution in [0.4, 0.5) is 5.69 Å². The van der Waals surface area contributed by atoms with Crippen molar-refractivity contribution in [3.8, 4) is 0 Å². The van der Waals surface area contributed by atoms with Gasteiger partial charge < -0.3 is 5.32 Å². The monoisotopic (exact) mass is 379 g/mol. The summed E-state index contributed by atoms with van der Waals surface area (Å²) in [7, 11) is -0.542. The summed E-state index contributed by atoms with van der Waals surface area (Å²) < 4.78 is 26.9. The lowest BCUT2D eigenvalue weighted by atomic mass is 9.99. The van der Waals surface area contributed by atoms with E-state index in [1.54, 1.807) is 18.2 Å². The molecule has 6 nitrogen and oxygen atoms in total. The summed E-state index contributed by atoms with van der Waals surface area (Å²) in [6.07, 6.45) is 1.29. The smallest absolute Gasteiger partial charge is 0.281 e. The van der Waals surface area contributed by atoms with Crippen LogP contribution in [0.15, 0.2) is 18.2 Å². The molecule has 0 radical (unpaired) electrons. The van der Waals surface area contributed by atoms with Crippen molar-refractivity contribution in [3.05, 3.63) is 28.2 Å². The number of benzene rings is 1. The molecule has 0 aliphatic carbocycles. The molecule has 9 heteroatoms. The van der Waals surface area contributed by atoms with Crippen molar-refractivity contribution in [3.63, 3.8) is 0 Å².